The second kappa shape index (κ2) is 8.78. The molecule has 5 nitrogen and oxygen atoms in total. The quantitative estimate of drug-likeness (QED) is 0.702. The van der Waals surface area contributed by atoms with Crippen molar-refractivity contribution >= 4 is 12.0 Å². The average Bonchev–Trinajstić information content (AvgIpc) is 2.30. The summed E-state index contributed by atoms with van der Waals surface area (Å²) in [5.74, 6) is -0.360. The maximum atomic E-state index is 11.9. The van der Waals surface area contributed by atoms with E-state index in [0.29, 0.717) is 25.4 Å². The van der Waals surface area contributed by atoms with Crippen molar-refractivity contribution in [1.82, 2.24) is 10.2 Å². The van der Waals surface area contributed by atoms with Gasteiger partial charge < -0.3 is 15.3 Å². The van der Waals surface area contributed by atoms with E-state index in [4.69, 9.17) is 5.11 Å². The van der Waals surface area contributed by atoms with Gasteiger partial charge in [-0.15, -0.1) is 0 Å². The molecular weight excluding hydrogens is 232 g/mol. The zero-order valence-electron chi connectivity index (χ0n) is 11.9. The second-order valence-corrected chi connectivity index (χ2v) is 4.98. The Morgan fingerprint density at radius 3 is 2.33 bits per heavy atom. The van der Waals surface area contributed by atoms with Crippen LogP contribution in [0.15, 0.2) is 0 Å². The van der Waals surface area contributed by atoms with Gasteiger partial charge in [-0.3, -0.25) is 4.79 Å². The zero-order valence-corrected chi connectivity index (χ0v) is 11.9. The van der Waals surface area contributed by atoms with Crippen molar-refractivity contribution in [1.29, 1.82) is 0 Å². The predicted octanol–water partition coefficient (Wildman–Crippen LogP) is 2.32. The Labute approximate surface area is 110 Å². The van der Waals surface area contributed by atoms with Crippen LogP contribution in [0.2, 0.25) is 0 Å². The third-order valence-electron chi connectivity index (χ3n) is 2.97. The number of urea groups is 1. The minimum atomic E-state index is -0.821. The molecule has 0 saturated carbocycles. The lowest BCUT2D eigenvalue weighted by molar-refractivity contribution is -0.137. The number of nitrogens with one attached hydrogen (secondary N) is 1. The minimum Gasteiger partial charge on any atom is -0.481 e. The van der Waals surface area contributed by atoms with E-state index >= 15 is 0 Å². The molecule has 1 unspecified atom stereocenters. The van der Waals surface area contributed by atoms with Gasteiger partial charge in [-0.1, -0.05) is 20.3 Å². The molecule has 0 aliphatic rings. The van der Waals surface area contributed by atoms with Crippen molar-refractivity contribution < 1.29 is 14.7 Å². The summed E-state index contributed by atoms with van der Waals surface area (Å²) in [5, 5.41) is 11.5. The van der Waals surface area contributed by atoms with Crippen LogP contribution in [0.4, 0.5) is 4.79 Å². The molecule has 0 aromatic heterocycles. The van der Waals surface area contributed by atoms with E-state index < -0.39 is 5.97 Å². The third-order valence-corrected chi connectivity index (χ3v) is 2.97. The van der Waals surface area contributed by atoms with Crippen LogP contribution in [-0.2, 0) is 4.79 Å². The van der Waals surface area contributed by atoms with Crippen molar-refractivity contribution in [3.05, 3.63) is 0 Å². The Morgan fingerprint density at radius 1 is 1.28 bits per heavy atom. The van der Waals surface area contributed by atoms with Gasteiger partial charge in [0.1, 0.15) is 0 Å². The number of nitrogens with zero attached hydrogens (tertiary/aromatic N) is 1. The molecule has 5 heteroatoms. The van der Waals surface area contributed by atoms with Crippen LogP contribution < -0.4 is 5.32 Å². The van der Waals surface area contributed by atoms with Crippen molar-refractivity contribution in [2.45, 2.75) is 53.0 Å². The molecule has 0 spiro atoms. The normalized spacial score (nSPS) is 12.3. The number of hydrogen-bond acceptors (Lipinski definition) is 2. The van der Waals surface area contributed by atoms with E-state index in [9.17, 15) is 9.59 Å². The summed E-state index contributed by atoms with van der Waals surface area (Å²) in [6.45, 7) is 9.19. The highest BCUT2D eigenvalue weighted by Gasteiger charge is 2.17. The van der Waals surface area contributed by atoms with Gasteiger partial charge in [0, 0.05) is 25.6 Å². The molecule has 0 bridgehead atoms. The van der Waals surface area contributed by atoms with Gasteiger partial charge in [0.15, 0.2) is 0 Å². The molecule has 0 heterocycles. The average molecular weight is 258 g/mol. The van der Waals surface area contributed by atoms with Gasteiger partial charge in [-0.2, -0.15) is 0 Å². The molecule has 0 saturated heterocycles. The fraction of sp³-hybridized carbons (Fsp3) is 0.846. The van der Waals surface area contributed by atoms with E-state index in [1.807, 2.05) is 13.8 Å². The third kappa shape index (κ3) is 7.14. The molecule has 1 atom stereocenters. The molecule has 0 aliphatic heterocycles. The summed E-state index contributed by atoms with van der Waals surface area (Å²) in [5.41, 5.74) is 0. The molecule has 0 fully saturated rings. The van der Waals surface area contributed by atoms with Crippen LogP contribution in [0.1, 0.15) is 47.0 Å². The first kappa shape index (κ1) is 16.7. The Balaban J connectivity index is 4.15. The summed E-state index contributed by atoms with van der Waals surface area (Å²) in [7, 11) is 0. The van der Waals surface area contributed by atoms with Crippen LogP contribution in [0.25, 0.3) is 0 Å². The highest BCUT2D eigenvalue weighted by Crippen LogP contribution is 2.04. The van der Waals surface area contributed by atoms with Gasteiger partial charge in [0.25, 0.3) is 0 Å². The molecule has 0 radical (unpaired) electrons. The lowest BCUT2D eigenvalue weighted by Gasteiger charge is -2.27. The Hall–Kier alpha value is -1.26. The van der Waals surface area contributed by atoms with Crippen LogP contribution in [0.5, 0.6) is 0 Å². The van der Waals surface area contributed by atoms with Crippen molar-refractivity contribution in [3.63, 3.8) is 0 Å². The number of rotatable bonds is 8. The van der Waals surface area contributed by atoms with Crippen LogP contribution in [0.3, 0.4) is 0 Å². The molecule has 106 valence electrons. The molecule has 0 aliphatic carbocycles. The maximum Gasteiger partial charge on any atom is 0.317 e. The number of carbonyl (C=O) groups excluding carboxylic acids is 1. The fourth-order valence-corrected chi connectivity index (χ4v) is 1.50. The standard InChI is InChI=1S/C13H26N2O3/c1-5-11(4)9-14-13(18)15(10(2)3)8-6-7-12(16)17/h10-11H,5-9H2,1-4H3,(H,14,18)(H,16,17). The summed E-state index contributed by atoms with van der Waals surface area (Å²) in [6.07, 6.45) is 1.62. The lowest BCUT2D eigenvalue weighted by Crippen LogP contribution is -2.45. The topological polar surface area (TPSA) is 69.6 Å². The van der Waals surface area contributed by atoms with Gasteiger partial charge in [-0.25, -0.2) is 4.79 Å². The van der Waals surface area contributed by atoms with Crippen LogP contribution in [-0.4, -0.2) is 41.1 Å². The summed E-state index contributed by atoms with van der Waals surface area (Å²) in [6, 6.07) is -0.0218. The minimum absolute atomic E-state index is 0.0794. The van der Waals surface area contributed by atoms with E-state index in [1.54, 1.807) is 4.90 Å². The Kier molecular flexibility index (Phi) is 8.16. The smallest absolute Gasteiger partial charge is 0.317 e. The lowest BCUT2D eigenvalue weighted by atomic mass is 10.1. The van der Waals surface area contributed by atoms with E-state index in [-0.39, 0.29) is 18.5 Å². The molecule has 2 amide bonds. The van der Waals surface area contributed by atoms with Crippen molar-refractivity contribution in [2.24, 2.45) is 5.92 Å². The first-order valence-corrected chi connectivity index (χ1v) is 6.64. The first-order chi connectivity index (χ1) is 8.38. The highest BCUT2D eigenvalue weighted by molar-refractivity contribution is 5.74. The number of hydrogen-bond donors (Lipinski definition) is 2. The monoisotopic (exact) mass is 258 g/mol. The number of carboxylic acid groups (broad SMARTS) is 1. The number of aliphatic carboxylic acids is 1. The molecule has 0 rings (SSSR count). The number of carbonyl (C=O) groups is 2. The van der Waals surface area contributed by atoms with Gasteiger partial charge in [0.2, 0.25) is 0 Å². The summed E-state index contributed by atoms with van der Waals surface area (Å²) < 4.78 is 0. The van der Waals surface area contributed by atoms with Gasteiger partial charge in [0.05, 0.1) is 0 Å². The van der Waals surface area contributed by atoms with Gasteiger partial charge in [-0.05, 0) is 26.2 Å². The zero-order chi connectivity index (χ0) is 14.1. The molecule has 2 N–H and O–H groups in total. The molecular formula is C13H26N2O3. The van der Waals surface area contributed by atoms with Crippen LogP contribution in [0, 0.1) is 5.92 Å². The van der Waals surface area contributed by atoms with Gasteiger partial charge >= 0.3 is 12.0 Å². The predicted molar refractivity (Wildman–Crippen MR) is 71.6 cm³/mol. The van der Waals surface area contributed by atoms with Crippen molar-refractivity contribution in [3.8, 4) is 0 Å². The van der Waals surface area contributed by atoms with Crippen molar-refractivity contribution in [2.75, 3.05) is 13.1 Å². The summed E-state index contributed by atoms with van der Waals surface area (Å²) >= 11 is 0. The SMILES string of the molecule is CCC(C)CNC(=O)N(CCCC(=O)O)C(C)C. The molecule has 18 heavy (non-hydrogen) atoms. The van der Waals surface area contributed by atoms with E-state index in [0.717, 1.165) is 6.42 Å². The van der Waals surface area contributed by atoms with E-state index in [2.05, 4.69) is 19.2 Å². The number of amides is 2. The number of carboxylic acids is 1. The summed E-state index contributed by atoms with van der Waals surface area (Å²) in [4.78, 5) is 24.1. The second-order valence-electron chi connectivity index (χ2n) is 4.98. The Bertz CT molecular complexity index is 267. The largest absolute Gasteiger partial charge is 0.481 e. The maximum absolute atomic E-state index is 11.9. The molecule has 0 aromatic rings. The Morgan fingerprint density at radius 2 is 1.89 bits per heavy atom. The molecule has 0 aromatic carbocycles. The van der Waals surface area contributed by atoms with Crippen LogP contribution >= 0.6 is 0 Å². The fourth-order valence-electron chi connectivity index (χ4n) is 1.50. The highest BCUT2D eigenvalue weighted by atomic mass is 16.4. The first-order valence-electron chi connectivity index (χ1n) is 6.64. The van der Waals surface area contributed by atoms with E-state index in [1.165, 1.54) is 0 Å².